The lowest BCUT2D eigenvalue weighted by Gasteiger charge is -2.30. The number of aromatic nitrogens is 1. The van der Waals surface area contributed by atoms with Crippen molar-refractivity contribution in [2.45, 2.75) is 19.8 Å². The number of hydrogen-bond donors (Lipinski definition) is 1. The van der Waals surface area contributed by atoms with Crippen LogP contribution in [0.3, 0.4) is 0 Å². The summed E-state index contributed by atoms with van der Waals surface area (Å²) < 4.78 is 13.0. The predicted octanol–water partition coefficient (Wildman–Crippen LogP) is 3.10. The summed E-state index contributed by atoms with van der Waals surface area (Å²) in [5, 5.41) is 9.92. The van der Waals surface area contributed by atoms with Crippen molar-refractivity contribution in [1.82, 2.24) is 9.88 Å². The molecule has 0 aliphatic carbocycles. The van der Waals surface area contributed by atoms with Crippen molar-refractivity contribution in [1.29, 1.82) is 0 Å². The molecule has 1 aliphatic rings. The standard InChI is InChI=1S/C17H19FN2O2S/c1-11-15(17(22)20-8-6-12(10-21)7-9-20)23-16(19-11)13-2-4-14(18)5-3-13/h2-5,12,21H,6-10H2,1H3. The van der Waals surface area contributed by atoms with Crippen LogP contribution in [0.2, 0.25) is 0 Å². The summed E-state index contributed by atoms with van der Waals surface area (Å²) in [6.07, 6.45) is 1.68. The molecule has 1 saturated heterocycles. The van der Waals surface area contributed by atoms with E-state index < -0.39 is 0 Å². The number of benzene rings is 1. The van der Waals surface area contributed by atoms with Crippen molar-refractivity contribution in [2.75, 3.05) is 19.7 Å². The van der Waals surface area contributed by atoms with Gasteiger partial charge >= 0.3 is 0 Å². The van der Waals surface area contributed by atoms with Gasteiger partial charge in [-0.3, -0.25) is 4.79 Å². The largest absolute Gasteiger partial charge is 0.396 e. The lowest BCUT2D eigenvalue weighted by molar-refractivity contribution is 0.0654. The molecule has 3 rings (SSSR count). The maximum atomic E-state index is 13.0. The summed E-state index contributed by atoms with van der Waals surface area (Å²) in [6.45, 7) is 3.37. The number of halogens is 1. The van der Waals surface area contributed by atoms with Crippen molar-refractivity contribution in [2.24, 2.45) is 5.92 Å². The third-order valence-electron chi connectivity index (χ3n) is 4.24. The van der Waals surface area contributed by atoms with Crippen molar-refractivity contribution < 1.29 is 14.3 Å². The second kappa shape index (κ2) is 6.76. The number of thiazole rings is 1. The minimum absolute atomic E-state index is 0.00440. The predicted molar refractivity (Wildman–Crippen MR) is 88.0 cm³/mol. The molecule has 1 aromatic heterocycles. The minimum Gasteiger partial charge on any atom is -0.396 e. The lowest BCUT2D eigenvalue weighted by atomic mass is 9.98. The van der Waals surface area contributed by atoms with Gasteiger partial charge in [0.15, 0.2) is 0 Å². The highest BCUT2D eigenvalue weighted by Crippen LogP contribution is 2.30. The van der Waals surface area contributed by atoms with Crippen LogP contribution in [-0.2, 0) is 0 Å². The summed E-state index contributed by atoms with van der Waals surface area (Å²) in [5.74, 6) is 0.0196. The molecular formula is C17H19FN2O2S. The van der Waals surface area contributed by atoms with Crippen molar-refractivity contribution in [3.8, 4) is 10.6 Å². The Morgan fingerprint density at radius 2 is 2.00 bits per heavy atom. The Morgan fingerprint density at radius 1 is 1.35 bits per heavy atom. The number of amides is 1. The van der Waals surface area contributed by atoms with Gasteiger partial charge < -0.3 is 10.0 Å². The van der Waals surface area contributed by atoms with Crippen molar-refractivity contribution in [3.05, 3.63) is 40.7 Å². The van der Waals surface area contributed by atoms with Crippen LogP contribution in [0, 0.1) is 18.7 Å². The maximum absolute atomic E-state index is 13.0. The van der Waals surface area contributed by atoms with Gasteiger partial charge in [0.2, 0.25) is 0 Å². The molecule has 1 aromatic carbocycles. The first-order chi connectivity index (χ1) is 11.1. The van der Waals surface area contributed by atoms with Gasteiger partial charge in [-0.05, 0) is 49.9 Å². The van der Waals surface area contributed by atoms with Crippen LogP contribution < -0.4 is 0 Å². The molecule has 1 N–H and O–H groups in total. The molecule has 1 amide bonds. The zero-order valence-corrected chi connectivity index (χ0v) is 13.8. The number of aryl methyl sites for hydroxylation is 1. The number of carbonyl (C=O) groups is 1. The van der Waals surface area contributed by atoms with E-state index in [1.807, 2.05) is 11.8 Å². The summed E-state index contributed by atoms with van der Waals surface area (Å²) in [7, 11) is 0. The van der Waals surface area contributed by atoms with Gasteiger partial charge in [-0.15, -0.1) is 11.3 Å². The third kappa shape index (κ3) is 3.43. The molecule has 2 heterocycles. The van der Waals surface area contributed by atoms with Crippen LogP contribution in [0.5, 0.6) is 0 Å². The fourth-order valence-corrected chi connectivity index (χ4v) is 3.81. The van der Waals surface area contributed by atoms with Crippen molar-refractivity contribution in [3.63, 3.8) is 0 Å². The molecule has 0 unspecified atom stereocenters. The van der Waals surface area contributed by atoms with Gasteiger partial charge in [-0.25, -0.2) is 9.37 Å². The fraction of sp³-hybridized carbons (Fsp3) is 0.412. The number of rotatable bonds is 3. The first-order valence-corrected chi connectivity index (χ1v) is 8.53. The molecule has 122 valence electrons. The van der Waals surface area contributed by atoms with Crippen LogP contribution in [0.15, 0.2) is 24.3 Å². The Balaban J connectivity index is 1.78. The monoisotopic (exact) mass is 334 g/mol. The number of aliphatic hydroxyl groups is 1. The first-order valence-electron chi connectivity index (χ1n) is 7.72. The molecule has 6 heteroatoms. The van der Waals surface area contributed by atoms with Crippen LogP contribution in [0.1, 0.15) is 28.2 Å². The molecule has 0 atom stereocenters. The highest BCUT2D eigenvalue weighted by atomic mass is 32.1. The van der Waals surface area contributed by atoms with Gasteiger partial charge in [0.05, 0.1) is 5.69 Å². The molecule has 2 aromatic rings. The van der Waals surface area contributed by atoms with E-state index >= 15 is 0 Å². The molecule has 0 bridgehead atoms. The smallest absolute Gasteiger partial charge is 0.265 e. The average molecular weight is 334 g/mol. The summed E-state index contributed by atoms with van der Waals surface area (Å²) >= 11 is 1.35. The normalized spacial score (nSPS) is 15.9. The highest BCUT2D eigenvalue weighted by Gasteiger charge is 2.26. The number of nitrogens with zero attached hydrogens (tertiary/aromatic N) is 2. The molecule has 4 nitrogen and oxygen atoms in total. The topological polar surface area (TPSA) is 53.4 Å². The molecule has 0 saturated carbocycles. The Hall–Kier alpha value is -1.79. The molecule has 1 aliphatic heterocycles. The Kier molecular flexibility index (Phi) is 4.73. The van der Waals surface area contributed by atoms with E-state index in [1.54, 1.807) is 12.1 Å². The Bertz CT molecular complexity index is 691. The first kappa shape index (κ1) is 16.1. The molecule has 0 radical (unpaired) electrons. The zero-order chi connectivity index (χ0) is 16.4. The molecule has 1 fully saturated rings. The highest BCUT2D eigenvalue weighted by molar-refractivity contribution is 7.17. The molecule has 23 heavy (non-hydrogen) atoms. The Labute approximate surface area is 138 Å². The van der Waals surface area contributed by atoms with Gasteiger partial charge in [0.1, 0.15) is 15.7 Å². The maximum Gasteiger partial charge on any atom is 0.265 e. The second-order valence-electron chi connectivity index (χ2n) is 5.86. The van der Waals surface area contributed by atoms with Crippen LogP contribution >= 0.6 is 11.3 Å². The van der Waals surface area contributed by atoms with E-state index in [4.69, 9.17) is 0 Å². The number of hydrogen-bond acceptors (Lipinski definition) is 4. The Morgan fingerprint density at radius 3 is 2.61 bits per heavy atom. The lowest BCUT2D eigenvalue weighted by Crippen LogP contribution is -2.39. The van der Waals surface area contributed by atoms with E-state index in [9.17, 15) is 14.3 Å². The van der Waals surface area contributed by atoms with Gasteiger partial charge in [-0.1, -0.05) is 0 Å². The quantitative estimate of drug-likeness (QED) is 0.938. The SMILES string of the molecule is Cc1nc(-c2ccc(F)cc2)sc1C(=O)N1CCC(CO)CC1. The fourth-order valence-electron chi connectivity index (χ4n) is 2.77. The van der Waals surface area contributed by atoms with Crippen LogP contribution in [0.25, 0.3) is 10.6 Å². The van der Waals surface area contributed by atoms with Gasteiger partial charge in [-0.2, -0.15) is 0 Å². The number of aliphatic hydroxyl groups excluding tert-OH is 1. The summed E-state index contributed by atoms with van der Waals surface area (Å²) in [6, 6.07) is 6.14. The van der Waals surface area contributed by atoms with E-state index in [2.05, 4.69) is 4.98 Å². The van der Waals surface area contributed by atoms with Crippen molar-refractivity contribution >= 4 is 17.2 Å². The second-order valence-corrected chi connectivity index (χ2v) is 6.86. The average Bonchev–Trinajstić information content (AvgIpc) is 2.96. The minimum atomic E-state index is -0.287. The van der Waals surface area contributed by atoms with Crippen LogP contribution in [-0.4, -0.2) is 40.6 Å². The summed E-state index contributed by atoms with van der Waals surface area (Å²) in [4.78, 5) is 19.6. The van der Waals surface area contributed by atoms with E-state index in [0.717, 1.165) is 23.4 Å². The molecular weight excluding hydrogens is 315 g/mol. The summed E-state index contributed by atoms with van der Waals surface area (Å²) in [5.41, 5.74) is 1.53. The third-order valence-corrected chi connectivity index (χ3v) is 5.44. The van der Waals surface area contributed by atoms with Gasteiger partial charge in [0.25, 0.3) is 5.91 Å². The number of carbonyl (C=O) groups excluding carboxylic acids is 1. The van der Waals surface area contributed by atoms with E-state index in [0.29, 0.717) is 29.6 Å². The number of likely N-dealkylation sites (tertiary alicyclic amines) is 1. The van der Waals surface area contributed by atoms with E-state index in [-0.39, 0.29) is 18.3 Å². The number of piperidine rings is 1. The van der Waals surface area contributed by atoms with Gasteiger partial charge in [0, 0.05) is 25.3 Å². The van der Waals surface area contributed by atoms with E-state index in [1.165, 1.54) is 23.5 Å². The zero-order valence-electron chi connectivity index (χ0n) is 13.0. The molecule has 0 spiro atoms. The van der Waals surface area contributed by atoms with Crippen LogP contribution in [0.4, 0.5) is 4.39 Å².